The fourth-order valence-electron chi connectivity index (χ4n) is 3.18. The van der Waals surface area contributed by atoms with E-state index in [2.05, 4.69) is 24.3 Å². The van der Waals surface area contributed by atoms with Crippen LogP contribution in [0.1, 0.15) is 44.1 Å². The van der Waals surface area contributed by atoms with Gasteiger partial charge in [0, 0.05) is 19.6 Å². The molecule has 0 aromatic heterocycles. The highest BCUT2D eigenvalue weighted by atomic mass is 16.2. The second-order valence-corrected chi connectivity index (χ2v) is 6.26. The molecule has 2 atom stereocenters. The van der Waals surface area contributed by atoms with Gasteiger partial charge in [-0.3, -0.25) is 4.79 Å². The topological polar surface area (TPSA) is 46.3 Å². The van der Waals surface area contributed by atoms with E-state index in [1.807, 2.05) is 18.0 Å². The van der Waals surface area contributed by atoms with Crippen LogP contribution in [0, 0.1) is 5.92 Å². The van der Waals surface area contributed by atoms with Crippen LogP contribution in [-0.4, -0.2) is 30.4 Å². The Balaban J connectivity index is 1.69. The van der Waals surface area contributed by atoms with E-state index in [9.17, 15) is 4.79 Å². The van der Waals surface area contributed by atoms with Gasteiger partial charge in [-0.25, -0.2) is 0 Å². The molecule has 2 N–H and O–H groups in total. The first-order valence-electron chi connectivity index (χ1n) is 8.23. The molecule has 0 bridgehead atoms. The zero-order valence-corrected chi connectivity index (χ0v) is 13.1. The summed E-state index contributed by atoms with van der Waals surface area (Å²) in [6, 6.07) is 10.6. The molecule has 0 aliphatic heterocycles. The largest absolute Gasteiger partial charge is 0.345 e. The quantitative estimate of drug-likeness (QED) is 0.818. The number of hydrogen-bond acceptors (Lipinski definition) is 2. The van der Waals surface area contributed by atoms with E-state index in [0.29, 0.717) is 0 Å². The van der Waals surface area contributed by atoms with Crippen LogP contribution in [0.5, 0.6) is 0 Å². The van der Waals surface area contributed by atoms with Gasteiger partial charge in [0.05, 0.1) is 5.92 Å². The van der Waals surface area contributed by atoms with Gasteiger partial charge in [-0.2, -0.15) is 0 Å². The smallest absolute Gasteiger partial charge is 0.226 e. The minimum absolute atomic E-state index is 0.0536. The minimum atomic E-state index is 0.0536. The molecule has 0 saturated heterocycles. The lowest BCUT2D eigenvalue weighted by Crippen LogP contribution is -2.44. The van der Waals surface area contributed by atoms with Crippen molar-refractivity contribution >= 4 is 5.91 Å². The Morgan fingerprint density at radius 2 is 1.90 bits per heavy atom. The van der Waals surface area contributed by atoms with Crippen LogP contribution < -0.4 is 5.73 Å². The summed E-state index contributed by atoms with van der Waals surface area (Å²) in [6.45, 7) is 0.842. The maximum atomic E-state index is 12.4. The second kappa shape index (κ2) is 8.18. The molecule has 0 radical (unpaired) electrons. The van der Waals surface area contributed by atoms with Gasteiger partial charge in [-0.05, 0) is 37.7 Å². The summed E-state index contributed by atoms with van der Waals surface area (Å²) >= 11 is 0. The fraction of sp³-hybridized carbons (Fsp3) is 0.611. The lowest BCUT2D eigenvalue weighted by Gasteiger charge is -2.31. The van der Waals surface area contributed by atoms with Crippen LogP contribution in [0.15, 0.2) is 30.3 Å². The first-order chi connectivity index (χ1) is 10.2. The van der Waals surface area contributed by atoms with Crippen LogP contribution in [-0.2, 0) is 11.2 Å². The van der Waals surface area contributed by atoms with E-state index in [1.165, 1.54) is 12.0 Å². The van der Waals surface area contributed by atoms with Crippen molar-refractivity contribution in [3.05, 3.63) is 35.9 Å². The molecule has 3 nitrogen and oxygen atoms in total. The standard InChI is InChI=1S/C18H28N2O/c1-20(18(21)16-12-5-6-13-17(16)19)14-8-7-11-15-9-3-2-4-10-15/h2-4,9-10,16-17H,5-8,11-14,19H2,1H3. The van der Waals surface area contributed by atoms with E-state index in [1.54, 1.807) is 0 Å². The van der Waals surface area contributed by atoms with Crippen molar-refractivity contribution in [3.8, 4) is 0 Å². The van der Waals surface area contributed by atoms with Crippen LogP contribution in [0.3, 0.4) is 0 Å². The molecule has 2 unspecified atom stereocenters. The van der Waals surface area contributed by atoms with E-state index in [0.717, 1.165) is 45.1 Å². The van der Waals surface area contributed by atoms with Gasteiger partial charge in [0.1, 0.15) is 0 Å². The van der Waals surface area contributed by atoms with Crippen molar-refractivity contribution in [3.63, 3.8) is 0 Å². The fourth-order valence-corrected chi connectivity index (χ4v) is 3.18. The number of nitrogens with two attached hydrogens (primary N) is 1. The van der Waals surface area contributed by atoms with Crippen LogP contribution in [0.2, 0.25) is 0 Å². The summed E-state index contributed by atoms with van der Waals surface area (Å²) in [5, 5.41) is 0. The monoisotopic (exact) mass is 288 g/mol. The number of carbonyl (C=O) groups is 1. The molecular weight excluding hydrogens is 260 g/mol. The highest BCUT2D eigenvalue weighted by Crippen LogP contribution is 2.24. The Morgan fingerprint density at radius 1 is 1.19 bits per heavy atom. The van der Waals surface area contributed by atoms with Gasteiger partial charge < -0.3 is 10.6 Å². The van der Waals surface area contributed by atoms with E-state index < -0.39 is 0 Å². The Morgan fingerprint density at radius 3 is 2.62 bits per heavy atom. The molecule has 0 heterocycles. The normalized spacial score (nSPS) is 22.0. The summed E-state index contributed by atoms with van der Waals surface area (Å²) in [5.74, 6) is 0.305. The van der Waals surface area contributed by atoms with Crippen molar-refractivity contribution in [1.29, 1.82) is 0 Å². The molecule has 2 rings (SSSR count). The Kier molecular flexibility index (Phi) is 6.24. The number of rotatable bonds is 6. The van der Waals surface area contributed by atoms with E-state index in [-0.39, 0.29) is 17.9 Å². The van der Waals surface area contributed by atoms with Crippen LogP contribution in [0.4, 0.5) is 0 Å². The zero-order chi connectivity index (χ0) is 15.1. The average molecular weight is 288 g/mol. The molecule has 1 aliphatic carbocycles. The molecular formula is C18H28N2O. The molecule has 1 aromatic carbocycles. The molecule has 1 saturated carbocycles. The summed E-state index contributed by atoms with van der Waals surface area (Å²) in [5.41, 5.74) is 7.48. The second-order valence-electron chi connectivity index (χ2n) is 6.26. The first kappa shape index (κ1) is 16.0. The number of aryl methyl sites for hydroxylation is 1. The molecule has 0 spiro atoms. The first-order valence-corrected chi connectivity index (χ1v) is 8.23. The highest BCUT2D eigenvalue weighted by Gasteiger charge is 2.29. The molecule has 1 amide bonds. The van der Waals surface area contributed by atoms with Crippen LogP contribution in [0.25, 0.3) is 0 Å². The highest BCUT2D eigenvalue weighted by molar-refractivity contribution is 5.79. The van der Waals surface area contributed by atoms with Crippen molar-refractivity contribution < 1.29 is 4.79 Å². The summed E-state index contributed by atoms with van der Waals surface area (Å²) < 4.78 is 0. The summed E-state index contributed by atoms with van der Waals surface area (Å²) in [6.07, 6.45) is 7.55. The number of benzene rings is 1. The third-order valence-corrected chi connectivity index (χ3v) is 4.56. The maximum Gasteiger partial charge on any atom is 0.226 e. The van der Waals surface area contributed by atoms with E-state index in [4.69, 9.17) is 5.73 Å². The van der Waals surface area contributed by atoms with Crippen molar-refractivity contribution in [2.75, 3.05) is 13.6 Å². The lowest BCUT2D eigenvalue weighted by molar-refractivity contribution is -0.135. The predicted molar refractivity (Wildman–Crippen MR) is 87.0 cm³/mol. The third-order valence-electron chi connectivity index (χ3n) is 4.56. The Hall–Kier alpha value is -1.35. The Bertz CT molecular complexity index is 432. The van der Waals surface area contributed by atoms with Crippen LogP contribution >= 0.6 is 0 Å². The molecule has 1 fully saturated rings. The van der Waals surface area contributed by atoms with Gasteiger partial charge in [-0.1, -0.05) is 43.2 Å². The number of nitrogens with zero attached hydrogens (tertiary/aromatic N) is 1. The van der Waals surface area contributed by atoms with Gasteiger partial charge in [0.15, 0.2) is 0 Å². The number of unbranched alkanes of at least 4 members (excludes halogenated alkanes) is 1. The molecule has 21 heavy (non-hydrogen) atoms. The van der Waals surface area contributed by atoms with E-state index >= 15 is 0 Å². The average Bonchev–Trinajstić information content (AvgIpc) is 2.52. The maximum absolute atomic E-state index is 12.4. The number of amides is 1. The number of hydrogen-bond donors (Lipinski definition) is 1. The van der Waals surface area contributed by atoms with Crippen molar-refractivity contribution in [2.24, 2.45) is 11.7 Å². The molecule has 116 valence electrons. The summed E-state index contributed by atoms with van der Waals surface area (Å²) in [7, 11) is 1.92. The number of carbonyl (C=O) groups excluding carboxylic acids is 1. The predicted octanol–water partition coefficient (Wildman–Crippen LogP) is 2.99. The third kappa shape index (κ3) is 4.85. The van der Waals surface area contributed by atoms with Crippen molar-refractivity contribution in [1.82, 2.24) is 4.90 Å². The zero-order valence-electron chi connectivity index (χ0n) is 13.1. The van der Waals surface area contributed by atoms with Crippen molar-refractivity contribution in [2.45, 2.75) is 51.0 Å². The molecule has 1 aromatic rings. The summed E-state index contributed by atoms with van der Waals surface area (Å²) in [4.78, 5) is 14.3. The van der Waals surface area contributed by atoms with Gasteiger partial charge >= 0.3 is 0 Å². The molecule has 1 aliphatic rings. The lowest BCUT2D eigenvalue weighted by atomic mass is 9.84. The molecule has 3 heteroatoms. The minimum Gasteiger partial charge on any atom is -0.345 e. The van der Waals surface area contributed by atoms with Gasteiger partial charge in [0.25, 0.3) is 0 Å². The van der Waals surface area contributed by atoms with Gasteiger partial charge in [0.2, 0.25) is 5.91 Å². The Labute approximate surface area is 128 Å². The SMILES string of the molecule is CN(CCCCc1ccccc1)C(=O)C1CCCCC1N. The van der Waals surface area contributed by atoms with Gasteiger partial charge in [-0.15, -0.1) is 0 Å².